The van der Waals surface area contributed by atoms with Gasteiger partial charge in [-0.2, -0.15) is 0 Å². The maximum Gasteiger partial charge on any atom is 0.306 e. The van der Waals surface area contributed by atoms with E-state index >= 15 is 0 Å². The van der Waals surface area contributed by atoms with Crippen molar-refractivity contribution in [3.63, 3.8) is 0 Å². The van der Waals surface area contributed by atoms with Gasteiger partial charge < -0.3 is 14.2 Å². The summed E-state index contributed by atoms with van der Waals surface area (Å²) in [7, 11) is 0. The summed E-state index contributed by atoms with van der Waals surface area (Å²) in [5.41, 5.74) is 0. The maximum absolute atomic E-state index is 12.9. The number of hydrogen-bond acceptors (Lipinski definition) is 6. The number of allylic oxidation sites excluding steroid dienone is 20. The minimum absolute atomic E-state index is 0.0823. The Labute approximate surface area is 507 Å². The molecule has 0 saturated carbocycles. The first-order valence-corrected chi connectivity index (χ1v) is 34.5. The molecule has 0 radical (unpaired) electrons. The van der Waals surface area contributed by atoms with Crippen LogP contribution in [0.4, 0.5) is 0 Å². The Bertz CT molecular complexity index is 1690. The number of carbonyl (C=O) groups excluding carboxylic acids is 3. The first kappa shape index (κ1) is 77.8. The monoisotopic (exact) mass is 1140 g/mol. The van der Waals surface area contributed by atoms with Gasteiger partial charge in [-0.1, -0.05) is 316 Å². The number of carbonyl (C=O) groups is 3. The second-order valence-electron chi connectivity index (χ2n) is 22.7. The minimum atomic E-state index is -0.788. The largest absolute Gasteiger partial charge is 0.462 e. The summed E-state index contributed by atoms with van der Waals surface area (Å²) in [6.45, 7) is 6.44. The molecule has 6 heteroatoms. The van der Waals surface area contributed by atoms with Crippen molar-refractivity contribution in [3.8, 4) is 0 Å². The molecule has 0 bridgehead atoms. The Morgan fingerprint density at radius 3 is 0.744 bits per heavy atom. The molecular weight excluding hydrogens is 1010 g/mol. The second-order valence-corrected chi connectivity index (χ2v) is 22.7. The average Bonchev–Trinajstić information content (AvgIpc) is 3.48. The van der Waals surface area contributed by atoms with Crippen molar-refractivity contribution in [2.45, 2.75) is 329 Å². The van der Waals surface area contributed by atoms with Crippen LogP contribution in [-0.2, 0) is 28.6 Å². The van der Waals surface area contributed by atoms with E-state index in [1.807, 2.05) is 0 Å². The lowest BCUT2D eigenvalue weighted by molar-refractivity contribution is -0.167. The molecule has 0 aliphatic heterocycles. The van der Waals surface area contributed by atoms with Crippen LogP contribution in [-0.4, -0.2) is 37.2 Å². The van der Waals surface area contributed by atoms with Crippen LogP contribution in [0.15, 0.2) is 122 Å². The molecule has 6 nitrogen and oxygen atoms in total. The first-order valence-electron chi connectivity index (χ1n) is 34.5. The molecule has 0 aliphatic carbocycles. The van der Waals surface area contributed by atoms with Crippen LogP contribution in [0.5, 0.6) is 0 Å². The van der Waals surface area contributed by atoms with E-state index in [4.69, 9.17) is 14.2 Å². The minimum Gasteiger partial charge on any atom is -0.462 e. The van der Waals surface area contributed by atoms with Crippen LogP contribution in [0.1, 0.15) is 323 Å². The van der Waals surface area contributed by atoms with E-state index in [2.05, 4.69) is 142 Å². The molecule has 0 aliphatic rings. The lowest BCUT2D eigenvalue weighted by Crippen LogP contribution is -2.30. The van der Waals surface area contributed by atoms with Gasteiger partial charge in [-0.05, 0) is 109 Å². The molecule has 0 amide bonds. The molecule has 0 rings (SSSR count). The molecule has 468 valence electrons. The van der Waals surface area contributed by atoms with Gasteiger partial charge >= 0.3 is 17.9 Å². The third-order valence-electron chi connectivity index (χ3n) is 14.7. The molecule has 1 atom stereocenters. The molecular formula is C76H128O6. The summed E-state index contributed by atoms with van der Waals surface area (Å²) >= 11 is 0. The summed E-state index contributed by atoms with van der Waals surface area (Å²) in [5.74, 6) is -0.887. The smallest absolute Gasteiger partial charge is 0.306 e. The molecule has 0 spiro atoms. The molecule has 0 aromatic carbocycles. The molecule has 0 saturated heterocycles. The zero-order valence-corrected chi connectivity index (χ0v) is 53.7. The topological polar surface area (TPSA) is 78.9 Å². The van der Waals surface area contributed by atoms with Gasteiger partial charge in [0.15, 0.2) is 6.10 Å². The molecule has 0 aromatic heterocycles. The Balaban J connectivity index is 4.32. The van der Waals surface area contributed by atoms with E-state index in [0.717, 1.165) is 135 Å². The maximum atomic E-state index is 12.9. The van der Waals surface area contributed by atoms with Gasteiger partial charge in [-0.25, -0.2) is 0 Å². The number of hydrogen-bond donors (Lipinski definition) is 0. The van der Waals surface area contributed by atoms with Crippen molar-refractivity contribution in [2.75, 3.05) is 13.2 Å². The molecule has 0 aromatic rings. The summed E-state index contributed by atoms with van der Waals surface area (Å²) in [6, 6.07) is 0. The average molecular weight is 1140 g/mol. The van der Waals surface area contributed by atoms with Gasteiger partial charge in [0.25, 0.3) is 0 Å². The van der Waals surface area contributed by atoms with Crippen molar-refractivity contribution < 1.29 is 28.6 Å². The quantitative estimate of drug-likeness (QED) is 0.0261. The third-order valence-corrected chi connectivity index (χ3v) is 14.7. The highest BCUT2D eigenvalue weighted by Crippen LogP contribution is 2.17. The van der Waals surface area contributed by atoms with Crippen LogP contribution >= 0.6 is 0 Å². The molecule has 82 heavy (non-hydrogen) atoms. The number of esters is 3. The van der Waals surface area contributed by atoms with Crippen molar-refractivity contribution in [3.05, 3.63) is 122 Å². The zero-order chi connectivity index (χ0) is 59.2. The molecule has 1 unspecified atom stereocenters. The third kappa shape index (κ3) is 66.6. The Morgan fingerprint density at radius 1 is 0.256 bits per heavy atom. The van der Waals surface area contributed by atoms with Crippen LogP contribution < -0.4 is 0 Å². The SMILES string of the molecule is CC/C=C\C/C=C\C/C=C\C/C=C\C/C=C\C/C=C\C/C=C\CCCCCCCCCCCC(=O)OCC(COC(=O)CCCCCCCCCCCCCCCCCC)OC(=O)CCCCCCCCC/C=C\C/C=C\C/C=C\CC. The highest BCUT2D eigenvalue weighted by Gasteiger charge is 2.19. The lowest BCUT2D eigenvalue weighted by atomic mass is 10.0. The van der Waals surface area contributed by atoms with E-state index in [-0.39, 0.29) is 31.1 Å². The van der Waals surface area contributed by atoms with Gasteiger partial charge in [-0.3, -0.25) is 14.4 Å². The Kier molecular flexibility index (Phi) is 65.8. The van der Waals surface area contributed by atoms with Crippen molar-refractivity contribution in [1.29, 1.82) is 0 Å². The molecule has 0 N–H and O–H groups in total. The molecule has 0 fully saturated rings. The predicted molar refractivity (Wildman–Crippen MR) is 357 cm³/mol. The summed E-state index contributed by atoms with van der Waals surface area (Å²) < 4.78 is 17.0. The van der Waals surface area contributed by atoms with Crippen LogP contribution in [0, 0.1) is 0 Å². The highest BCUT2D eigenvalue weighted by atomic mass is 16.6. The van der Waals surface area contributed by atoms with E-state index in [0.29, 0.717) is 19.3 Å². The van der Waals surface area contributed by atoms with E-state index < -0.39 is 6.10 Å². The Hall–Kier alpha value is -4.19. The fourth-order valence-electron chi connectivity index (χ4n) is 9.62. The summed E-state index contributed by atoms with van der Waals surface area (Å²) in [5, 5.41) is 0. The summed E-state index contributed by atoms with van der Waals surface area (Å²) in [6.07, 6.45) is 96.4. The van der Waals surface area contributed by atoms with Crippen LogP contribution in [0.25, 0.3) is 0 Å². The number of ether oxygens (including phenoxy) is 3. The van der Waals surface area contributed by atoms with Crippen LogP contribution in [0.2, 0.25) is 0 Å². The zero-order valence-electron chi connectivity index (χ0n) is 53.7. The Morgan fingerprint density at radius 2 is 0.476 bits per heavy atom. The van der Waals surface area contributed by atoms with Crippen LogP contribution in [0.3, 0.4) is 0 Å². The van der Waals surface area contributed by atoms with Gasteiger partial charge in [0.05, 0.1) is 0 Å². The fourth-order valence-corrected chi connectivity index (χ4v) is 9.62. The lowest BCUT2D eigenvalue weighted by Gasteiger charge is -2.18. The van der Waals surface area contributed by atoms with E-state index in [1.54, 1.807) is 0 Å². The van der Waals surface area contributed by atoms with Gasteiger partial charge in [0.2, 0.25) is 0 Å². The van der Waals surface area contributed by atoms with Crippen molar-refractivity contribution in [2.24, 2.45) is 0 Å². The van der Waals surface area contributed by atoms with Crippen molar-refractivity contribution >= 4 is 17.9 Å². The first-order chi connectivity index (χ1) is 40.5. The molecule has 0 heterocycles. The standard InChI is InChI=1S/C76H128O6/c1-4-7-10-13-16-19-22-25-28-31-32-33-34-35-36-37-38-39-40-41-42-43-44-46-48-51-54-57-60-63-66-69-75(78)81-72-73(71-80-74(77)68-65-62-59-56-53-50-47-30-27-24-21-18-15-12-9-6-3)82-76(79)70-67-64-61-58-55-52-49-45-29-26-23-20-17-14-11-8-5-2/h7-8,10-11,16-17,19-20,25-26,28-29,32-33,35-36,38-39,41-42,73H,4-6,9,12-15,18,21-24,27,30-31,34,37,40,43-72H2,1-3H3/b10-7-,11-8-,19-16-,20-17-,28-25-,29-26-,33-32-,36-35-,39-38-,42-41-. The number of unbranched alkanes of at least 4 members (excludes halogenated alkanes) is 31. The normalized spacial score (nSPS) is 12.9. The van der Waals surface area contributed by atoms with Gasteiger partial charge in [-0.15, -0.1) is 0 Å². The van der Waals surface area contributed by atoms with E-state index in [1.165, 1.54) is 148 Å². The van der Waals surface area contributed by atoms with E-state index in [9.17, 15) is 14.4 Å². The fraction of sp³-hybridized carbons (Fsp3) is 0.697. The highest BCUT2D eigenvalue weighted by molar-refractivity contribution is 5.71. The predicted octanol–water partition coefficient (Wildman–Crippen LogP) is 23.9. The van der Waals surface area contributed by atoms with Gasteiger partial charge in [0, 0.05) is 19.3 Å². The second kappa shape index (κ2) is 69.3. The van der Waals surface area contributed by atoms with Gasteiger partial charge in [0.1, 0.15) is 13.2 Å². The number of rotatable bonds is 62. The summed E-state index contributed by atoms with van der Waals surface area (Å²) in [4.78, 5) is 38.4. The van der Waals surface area contributed by atoms with Crippen molar-refractivity contribution in [1.82, 2.24) is 0 Å².